The Morgan fingerprint density at radius 2 is 2.06 bits per heavy atom. The van der Waals surface area contributed by atoms with Gasteiger partial charge in [-0.3, -0.25) is 4.90 Å². The van der Waals surface area contributed by atoms with E-state index in [9.17, 15) is 5.11 Å². The Balaban J connectivity index is 1.62. The number of hydrogen-bond acceptors (Lipinski definition) is 4. The molecule has 0 spiro atoms. The first-order chi connectivity index (χ1) is 7.74. The van der Waals surface area contributed by atoms with Gasteiger partial charge >= 0.3 is 0 Å². The highest BCUT2D eigenvalue weighted by Gasteiger charge is 2.22. The number of β-amino-alcohol motifs (C(OH)–C–C–N with tert-alkyl or cyclic N) is 1. The molecule has 0 aromatic rings. The zero-order valence-corrected chi connectivity index (χ0v) is 10.4. The molecule has 1 atom stereocenters. The molecule has 16 heavy (non-hydrogen) atoms. The first-order valence-corrected chi connectivity index (χ1v) is 6.56. The van der Waals surface area contributed by atoms with Crippen LogP contribution in [0.3, 0.4) is 0 Å². The summed E-state index contributed by atoms with van der Waals surface area (Å²) in [4.78, 5) is 4.76. The van der Waals surface area contributed by atoms with Gasteiger partial charge in [0.25, 0.3) is 0 Å². The van der Waals surface area contributed by atoms with Crippen molar-refractivity contribution in [1.29, 1.82) is 0 Å². The van der Waals surface area contributed by atoms with Crippen molar-refractivity contribution in [2.24, 2.45) is 0 Å². The minimum atomic E-state index is -0.205. The summed E-state index contributed by atoms with van der Waals surface area (Å²) in [6, 6.07) is 0.699. The van der Waals surface area contributed by atoms with Crippen LogP contribution in [0.15, 0.2) is 0 Å². The van der Waals surface area contributed by atoms with E-state index in [0.717, 1.165) is 32.7 Å². The second-order valence-electron chi connectivity index (χ2n) is 5.29. The number of hydrogen-bond donors (Lipinski definition) is 2. The largest absolute Gasteiger partial charge is 0.390 e. The van der Waals surface area contributed by atoms with Crippen molar-refractivity contribution in [2.45, 2.75) is 31.4 Å². The van der Waals surface area contributed by atoms with Gasteiger partial charge in [0.1, 0.15) is 0 Å². The van der Waals surface area contributed by atoms with Crippen molar-refractivity contribution in [3.05, 3.63) is 0 Å². The van der Waals surface area contributed by atoms with Crippen LogP contribution >= 0.6 is 0 Å². The molecule has 1 saturated carbocycles. The van der Waals surface area contributed by atoms with E-state index in [0.29, 0.717) is 6.04 Å². The molecule has 0 aromatic heterocycles. The summed E-state index contributed by atoms with van der Waals surface area (Å²) < 4.78 is 0. The molecule has 2 aliphatic rings. The highest BCUT2D eigenvalue weighted by atomic mass is 16.3. The maximum absolute atomic E-state index is 9.92. The highest BCUT2D eigenvalue weighted by molar-refractivity contribution is 4.82. The second-order valence-corrected chi connectivity index (χ2v) is 5.29. The lowest BCUT2D eigenvalue weighted by atomic mass is 10.3. The fourth-order valence-corrected chi connectivity index (χ4v) is 2.24. The van der Waals surface area contributed by atoms with Gasteiger partial charge in [-0.25, -0.2) is 0 Å². The number of rotatable bonds is 5. The summed E-state index contributed by atoms with van der Waals surface area (Å²) in [5, 5.41) is 13.3. The predicted octanol–water partition coefficient (Wildman–Crippen LogP) is -0.263. The smallest absolute Gasteiger partial charge is 0.0791 e. The van der Waals surface area contributed by atoms with E-state index in [1.165, 1.54) is 25.8 Å². The van der Waals surface area contributed by atoms with Crippen molar-refractivity contribution < 1.29 is 5.11 Å². The molecule has 1 aliphatic heterocycles. The number of aliphatic hydroxyl groups excluding tert-OH is 1. The fourth-order valence-electron chi connectivity index (χ4n) is 2.24. The molecule has 1 saturated heterocycles. The first kappa shape index (κ1) is 12.3. The molecule has 4 nitrogen and oxygen atoms in total. The molecule has 0 bridgehead atoms. The van der Waals surface area contributed by atoms with E-state index in [1.807, 2.05) is 0 Å². The zero-order valence-electron chi connectivity index (χ0n) is 10.4. The van der Waals surface area contributed by atoms with Gasteiger partial charge in [-0.15, -0.1) is 0 Å². The van der Waals surface area contributed by atoms with E-state index in [-0.39, 0.29) is 6.10 Å². The Morgan fingerprint density at radius 1 is 1.25 bits per heavy atom. The normalized spacial score (nSPS) is 26.6. The van der Waals surface area contributed by atoms with Gasteiger partial charge in [0.15, 0.2) is 0 Å². The number of nitrogens with zero attached hydrogens (tertiary/aromatic N) is 2. The van der Waals surface area contributed by atoms with E-state index in [2.05, 4.69) is 22.2 Å². The monoisotopic (exact) mass is 227 g/mol. The number of likely N-dealkylation sites (N-methyl/N-ethyl adjacent to an activating group) is 1. The summed E-state index contributed by atoms with van der Waals surface area (Å²) in [5.41, 5.74) is 0. The van der Waals surface area contributed by atoms with Crippen LogP contribution in [-0.2, 0) is 0 Å². The highest BCUT2D eigenvalue weighted by Crippen LogP contribution is 2.18. The molecule has 2 N–H and O–H groups in total. The molecule has 0 aromatic carbocycles. The molecule has 0 radical (unpaired) electrons. The maximum Gasteiger partial charge on any atom is 0.0791 e. The fraction of sp³-hybridized carbons (Fsp3) is 1.00. The first-order valence-electron chi connectivity index (χ1n) is 6.56. The second kappa shape index (κ2) is 5.96. The molecule has 4 heteroatoms. The summed E-state index contributed by atoms with van der Waals surface area (Å²) in [7, 11) is 2.18. The molecule has 1 unspecified atom stereocenters. The van der Waals surface area contributed by atoms with E-state index < -0.39 is 0 Å². The van der Waals surface area contributed by atoms with Gasteiger partial charge in [-0.2, -0.15) is 0 Å². The van der Waals surface area contributed by atoms with Gasteiger partial charge in [-0.05, 0) is 39.4 Å². The van der Waals surface area contributed by atoms with Gasteiger partial charge in [0.05, 0.1) is 6.10 Å². The van der Waals surface area contributed by atoms with Crippen LogP contribution in [0.5, 0.6) is 0 Å². The van der Waals surface area contributed by atoms with Crippen LogP contribution in [0.1, 0.15) is 19.3 Å². The molecule has 0 amide bonds. The van der Waals surface area contributed by atoms with Crippen LogP contribution in [0, 0.1) is 0 Å². The van der Waals surface area contributed by atoms with Crippen molar-refractivity contribution in [3.63, 3.8) is 0 Å². The van der Waals surface area contributed by atoms with Crippen LogP contribution in [0.25, 0.3) is 0 Å². The summed E-state index contributed by atoms with van der Waals surface area (Å²) >= 11 is 0. The third-order valence-corrected chi connectivity index (χ3v) is 3.50. The van der Waals surface area contributed by atoms with Crippen molar-refractivity contribution >= 4 is 0 Å². The lowest BCUT2D eigenvalue weighted by molar-refractivity contribution is 0.113. The Bertz CT molecular complexity index is 208. The predicted molar refractivity (Wildman–Crippen MR) is 65.6 cm³/mol. The van der Waals surface area contributed by atoms with Gasteiger partial charge < -0.3 is 15.3 Å². The third-order valence-electron chi connectivity index (χ3n) is 3.50. The molecule has 94 valence electrons. The van der Waals surface area contributed by atoms with E-state index in [4.69, 9.17) is 0 Å². The minimum absolute atomic E-state index is 0.205. The van der Waals surface area contributed by atoms with Crippen LogP contribution in [0.2, 0.25) is 0 Å². The Kier molecular flexibility index (Phi) is 4.58. The quantitative estimate of drug-likeness (QED) is 0.678. The molecule has 2 fully saturated rings. The summed E-state index contributed by atoms with van der Waals surface area (Å²) in [6.45, 7) is 6.13. The van der Waals surface area contributed by atoms with Gasteiger partial charge in [0, 0.05) is 32.2 Å². The molecular weight excluding hydrogens is 202 g/mol. The van der Waals surface area contributed by atoms with Crippen molar-refractivity contribution in [3.8, 4) is 0 Å². The topological polar surface area (TPSA) is 38.7 Å². The number of nitrogens with one attached hydrogen (secondary N) is 1. The van der Waals surface area contributed by atoms with Gasteiger partial charge in [0.2, 0.25) is 0 Å². The average molecular weight is 227 g/mol. The van der Waals surface area contributed by atoms with Crippen LogP contribution < -0.4 is 5.32 Å². The average Bonchev–Trinajstić information content (AvgIpc) is 3.05. The lowest BCUT2D eigenvalue weighted by Gasteiger charge is -2.23. The SMILES string of the molecule is CN1CCCN(CC(O)CNC2CC2)CC1. The zero-order chi connectivity index (χ0) is 11.4. The van der Waals surface area contributed by atoms with E-state index in [1.54, 1.807) is 0 Å². The minimum Gasteiger partial charge on any atom is -0.390 e. The molecule has 2 rings (SSSR count). The Morgan fingerprint density at radius 3 is 2.81 bits per heavy atom. The molecular formula is C12H25N3O. The van der Waals surface area contributed by atoms with Gasteiger partial charge in [-0.1, -0.05) is 0 Å². The van der Waals surface area contributed by atoms with E-state index >= 15 is 0 Å². The van der Waals surface area contributed by atoms with Crippen LogP contribution in [-0.4, -0.2) is 73.4 Å². The van der Waals surface area contributed by atoms with Crippen molar-refractivity contribution in [2.75, 3.05) is 46.3 Å². The standard InChI is InChI=1S/C12H25N3O/c1-14-5-2-6-15(8-7-14)10-12(16)9-13-11-3-4-11/h11-13,16H,2-10H2,1H3. The molecule has 1 aliphatic carbocycles. The Labute approximate surface area is 98.6 Å². The molecule has 1 heterocycles. The van der Waals surface area contributed by atoms with Crippen molar-refractivity contribution in [1.82, 2.24) is 15.1 Å². The number of aliphatic hydroxyl groups is 1. The third kappa shape index (κ3) is 4.37. The Hall–Kier alpha value is -0.160. The lowest BCUT2D eigenvalue weighted by Crippen LogP contribution is -2.40. The maximum atomic E-state index is 9.92. The summed E-state index contributed by atoms with van der Waals surface area (Å²) in [6.07, 6.45) is 3.60. The van der Waals surface area contributed by atoms with Crippen LogP contribution in [0.4, 0.5) is 0 Å². The summed E-state index contributed by atoms with van der Waals surface area (Å²) in [5.74, 6) is 0.